The Morgan fingerprint density at radius 3 is 2.68 bits per heavy atom. The van der Waals surface area contributed by atoms with Gasteiger partial charge in [-0.15, -0.1) is 0 Å². The van der Waals surface area contributed by atoms with Crippen LogP contribution in [0.25, 0.3) is 0 Å². The standard InChI is InChI=1S/C20H25N3O2/c1-23(12-17-5-3-2-4-6-17)13-20(24)22-19-15-25-14-18(19)11-16-7-9-21-10-8-16/h2-10,18-19H,11-15H2,1H3,(H,22,24)/t18-,19+/m1/s1. The normalized spacial score (nSPS) is 19.9. The van der Waals surface area contributed by atoms with E-state index in [4.69, 9.17) is 4.74 Å². The van der Waals surface area contributed by atoms with Crippen LogP contribution in [-0.2, 0) is 22.5 Å². The van der Waals surface area contributed by atoms with Gasteiger partial charge < -0.3 is 10.1 Å². The molecule has 0 spiro atoms. The first-order chi connectivity index (χ1) is 12.2. The summed E-state index contributed by atoms with van der Waals surface area (Å²) in [4.78, 5) is 18.5. The maximum absolute atomic E-state index is 12.4. The highest BCUT2D eigenvalue weighted by atomic mass is 16.5. The third-order valence-electron chi connectivity index (χ3n) is 4.50. The maximum atomic E-state index is 12.4. The SMILES string of the molecule is CN(CC(=O)N[C@H]1COC[C@H]1Cc1ccncc1)Cc1ccccc1. The van der Waals surface area contributed by atoms with Crippen LogP contribution in [-0.4, -0.2) is 48.6 Å². The van der Waals surface area contributed by atoms with E-state index in [1.165, 1.54) is 11.1 Å². The van der Waals surface area contributed by atoms with Gasteiger partial charge in [0.05, 0.1) is 25.8 Å². The van der Waals surface area contributed by atoms with Gasteiger partial charge >= 0.3 is 0 Å². The van der Waals surface area contributed by atoms with Gasteiger partial charge in [-0.3, -0.25) is 14.7 Å². The van der Waals surface area contributed by atoms with Gasteiger partial charge in [-0.25, -0.2) is 0 Å². The third kappa shape index (κ3) is 5.37. The third-order valence-corrected chi connectivity index (χ3v) is 4.50. The molecule has 1 fully saturated rings. The van der Waals surface area contributed by atoms with Crippen LogP contribution in [0.4, 0.5) is 0 Å². The summed E-state index contributed by atoms with van der Waals surface area (Å²) in [6.45, 7) is 2.42. The van der Waals surface area contributed by atoms with Crippen molar-refractivity contribution in [3.8, 4) is 0 Å². The Morgan fingerprint density at radius 2 is 1.92 bits per heavy atom. The zero-order valence-electron chi connectivity index (χ0n) is 14.6. The van der Waals surface area contributed by atoms with Crippen molar-refractivity contribution in [1.82, 2.24) is 15.2 Å². The number of benzene rings is 1. The molecule has 5 nitrogen and oxygen atoms in total. The number of carbonyl (C=O) groups excluding carboxylic acids is 1. The first-order valence-corrected chi connectivity index (χ1v) is 8.69. The Hall–Kier alpha value is -2.24. The highest BCUT2D eigenvalue weighted by Crippen LogP contribution is 2.19. The number of nitrogens with zero attached hydrogens (tertiary/aromatic N) is 2. The minimum absolute atomic E-state index is 0.0497. The number of hydrogen-bond donors (Lipinski definition) is 1. The topological polar surface area (TPSA) is 54.5 Å². The molecule has 1 N–H and O–H groups in total. The minimum Gasteiger partial charge on any atom is -0.379 e. The average Bonchev–Trinajstić information content (AvgIpc) is 3.03. The largest absolute Gasteiger partial charge is 0.379 e. The Balaban J connectivity index is 1.48. The molecule has 2 atom stereocenters. The number of amides is 1. The van der Waals surface area contributed by atoms with Crippen molar-refractivity contribution in [2.24, 2.45) is 5.92 Å². The monoisotopic (exact) mass is 339 g/mol. The van der Waals surface area contributed by atoms with Crippen molar-refractivity contribution in [3.05, 3.63) is 66.0 Å². The summed E-state index contributed by atoms with van der Waals surface area (Å²) < 4.78 is 5.60. The fourth-order valence-electron chi connectivity index (χ4n) is 3.23. The van der Waals surface area contributed by atoms with E-state index < -0.39 is 0 Å². The van der Waals surface area contributed by atoms with Crippen LogP contribution >= 0.6 is 0 Å². The van der Waals surface area contributed by atoms with Crippen molar-refractivity contribution < 1.29 is 9.53 Å². The summed E-state index contributed by atoms with van der Waals surface area (Å²) >= 11 is 0. The number of likely N-dealkylation sites (N-methyl/N-ethyl adjacent to an activating group) is 1. The van der Waals surface area contributed by atoms with Gasteiger partial charge in [-0.2, -0.15) is 0 Å². The van der Waals surface area contributed by atoms with E-state index in [2.05, 4.69) is 22.4 Å². The van der Waals surface area contributed by atoms with Gasteiger partial charge in [0.15, 0.2) is 0 Å². The number of pyridine rings is 1. The molecule has 25 heavy (non-hydrogen) atoms. The van der Waals surface area contributed by atoms with Gasteiger partial charge in [-0.05, 0) is 36.7 Å². The molecule has 1 aromatic carbocycles. The lowest BCUT2D eigenvalue weighted by Gasteiger charge is -2.21. The fourth-order valence-corrected chi connectivity index (χ4v) is 3.23. The molecule has 3 rings (SSSR count). The lowest BCUT2D eigenvalue weighted by atomic mass is 9.95. The van der Waals surface area contributed by atoms with Gasteiger partial charge in [0, 0.05) is 24.9 Å². The molecule has 0 radical (unpaired) electrons. The zero-order valence-corrected chi connectivity index (χ0v) is 14.6. The van der Waals surface area contributed by atoms with Crippen LogP contribution in [0.5, 0.6) is 0 Å². The van der Waals surface area contributed by atoms with Crippen molar-refractivity contribution >= 4 is 5.91 Å². The molecule has 0 aliphatic carbocycles. The van der Waals surface area contributed by atoms with Crippen molar-refractivity contribution in [1.29, 1.82) is 0 Å². The molecule has 0 saturated carbocycles. The average molecular weight is 339 g/mol. The van der Waals surface area contributed by atoms with Crippen LogP contribution in [0.3, 0.4) is 0 Å². The van der Waals surface area contributed by atoms with E-state index >= 15 is 0 Å². The van der Waals surface area contributed by atoms with Gasteiger partial charge in [0.2, 0.25) is 5.91 Å². The van der Waals surface area contributed by atoms with Crippen LogP contribution in [0.15, 0.2) is 54.9 Å². The highest BCUT2D eigenvalue weighted by Gasteiger charge is 2.29. The van der Waals surface area contributed by atoms with Crippen LogP contribution < -0.4 is 5.32 Å². The van der Waals surface area contributed by atoms with Crippen molar-refractivity contribution in [2.45, 2.75) is 19.0 Å². The molecule has 2 heterocycles. The summed E-state index contributed by atoms with van der Waals surface area (Å²) in [7, 11) is 1.96. The molecule has 5 heteroatoms. The number of aromatic nitrogens is 1. The van der Waals surface area contributed by atoms with E-state index in [0.29, 0.717) is 25.7 Å². The minimum atomic E-state index is 0.0497. The Labute approximate surface area is 149 Å². The molecular formula is C20H25N3O2. The predicted molar refractivity (Wildman–Crippen MR) is 97.0 cm³/mol. The molecule has 2 aromatic rings. The number of ether oxygens (including phenoxy) is 1. The van der Waals surface area contributed by atoms with E-state index in [1.807, 2.05) is 42.3 Å². The summed E-state index contributed by atoms with van der Waals surface area (Å²) in [5, 5.41) is 3.14. The van der Waals surface area contributed by atoms with Crippen molar-refractivity contribution in [3.63, 3.8) is 0 Å². The second-order valence-electron chi connectivity index (χ2n) is 6.69. The lowest BCUT2D eigenvalue weighted by Crippen LogP contribution is -2.44. The maximum Gasteiger partial charge on any atom is 0.234 e. The fraction of sp³-hybridized carbons (Fsp3) is 0.400. The molecule has 1 amide bonds. The first-order valence-electron chi connectivity index (χ1n) is 8.69. The lowest BCUT2D eigenvalue weighted by molar-refractivity contribution is -0.123. The number of rotatable bonds is 7. The molecular weight excluding hydrogens is 314 g/mol. The van der Waals surface area contributed by atoms with E-state index in [0.717, 1.165) is 13.0 Å². The number of hydrogen-bond acceptors (Lipinski definition) is 4. The molecule has 0 bridgehead atoms. The summed E-state index contributed by atoms with van der Waals surface area (Å²) in [6.07, 6.45) is 4.50. The molecule has 1 aromatic heterocycles. The first kappa shape index (κ1) is 17.6. The summed E-state index contributed by atoms with van der Waals surface area (Å²) in [5.41, 5.74) is 2.43. The molecule has 132 valence electrons. The van der Waals surface area contributed by atoms with Crippen molar-refractivity contribution in [2.75, 3.05) is 26.8 Å². The highest BCUT2D eigenvalue weighted by molar-refractivity contribution is 5.78. The van der Waals surface area contributed by atoms with Gasteiger partial charge in [0.25, 0.3) is 0 Å². The predicted octanol–water partition coefficient (Wildman–Crippen LogP) is 1.89. The quantitative estimate of drug-likeness (QED) is 0.837. The molecule has 1 aliphatic heterocycles. The van der Waals surface area contributed by atoms with E-state index in [1.54, 1.807) is 12.4 Å². The Bertz CT molecular complexity index is 663. The number of carbonyl (C=O) groups is 1. The van der Waals surface area contributed by atoms with Crippen LogP contribution in [0, 0.1) is 5.92 Å². The van der Waals surface area contributed by atoms with Crippen LogP contribution in [0.2, 0.25) is 0 Å². The Kier molecular flexibility index (Phi) is 6.14. The second-order valence-corrected chi connectivity index (χ2v) is 6.69. The van der Waals surface area contributed by atoms with Gasteiger partial charge in [-0.1, -0.05) is 30.3 Å². The molecule has 0 unspecified atom stereocenters. The zero-order chi connectivity index (χ0) is 17.5. The molecule has 1 saturated heterocycles. The van der Waals surface area contributed by atoms with Gasteiger partial charge in [0.1, 0.15) is 0 Å². The summed E-state index contributed by atoms with van der Waals surface area (Å²) in [6, 6.07) is 14.3. The summed E-state index contributed by atoms with van der Waals surface area (Å²) in [5.74, 6) is 0.361. The second kappa shape index (κ2) is 8.74. The smallest absolute Gasteiger partial charge is 0.234 e. The molecule has 1 aliphatic rings. The van der Waals surface area contributed by atoms with Crippen LogP contribution in [0.1, 0.15) is 11.1 Å². The Morgan fingerprint density at radius 1 is 1.16 bits per heavy atom. The van der Waals surface area contributed by atoms with E-state index in [-0.39, 0.29) is 11.9 Å². The number of nitrogens with one attached hydrogen (secondary N) is 1. The van der Waals surface area contributed by atoms with E-state index in [9.17, 15) is 4.79 Å².